The van der Waals surface area contributed by atoms with Crippen molar-refractivity contribution in [3.05, 3.63) is 35.5 Å². The van der Waals surface area contributed by atoms with E-state index in [4.69, 9.17) is 5.73 Å². The van der Waals surface area contributed by atoms with Gasteiger partial charge in [-0.2, -0.15) is 0 Å². The molecule has 0 radical (unpaired) electrons. The molecule has 3 rings (SSSR count). The van der Waals surface area contributed by atoms with Gasteiger partial charge < -0.3 is 15.6 Å². The molecule has 1 aromatic carbocycles. The zero-order valence-corrected chi connectivity index (χ0v) is 11.1. The van der Waals surface area contributed by atoms with Crippen LogP contribution in [0.5, 0.6) is 0 Å². The molecule has 0 aliphatic carbocycles. The van der Waals surface area contributed by atoms with E-state index in [1.54, 1.807) is 0 Å². The van der Waals surface area contributed by atoms with Crippen LogP contribution >= 0.6 is 0 Å². The molecule has 19 heavy (non-hydrogen) atoms. The van der Waals surface area contributed by atoms with Crippen molar-refractivity contribution in [2.45, 2.75) is 32.4 Å². The highest BCUT2D eigenvalue weighted by Crippen LogP contribution is 2.27. The Morgan fingerprint density at radius 2 is 2.26 bits per heavy atom. The van der Waals surface area contributed by atoms with Crippen LogP contribution in [0.15, 0.2) is 24.3 Å². The van der Waals surface area contributed by atoms with Crippen LogP contribution in [0, 0.1) is 0 Å². The number of nitrogens with zero attached hydrogens (tertiary/aromatic N) is 1. The third kappa shape index (κ3) is 2.02. The second kappa shape index (κ2) is 4.70. The number of aromatic nitrogens is 1. The van der Waals surface area contributed by atoms with Crippen LogP contribution < -0.4 is 5.73 Å². The second-order valence-corrected chi connectivity index (χ2v) is 5.15. The van der Waals surface area contributed by atoms with Crippen molar-refractivity contribution in [2.75, 3.05) is 6.54 Å². The molecule has 2 aromatic rings. The summed E-state index contributed by atoms with van der Waals surface area (Å²) in [5.74, 6) is 0.0680. The van der Waals surface area contributed by atoms with E-state index in [-0.39, 0.29) is 11.9 Å². The number of carbonyl (C=O) groups is 1. The lowest BCUT2D eigenvalue weighted by Crippen LogP contribution is -2.45. The Kier molecular flexibility index (Phi) is 3.03. The van der Waals surface area contributed by atoms with Gasteiger partial charge in [0.05, 0.1) is 6.04 Å². The van der Waals surface area contributed by atoms with Gasteiger partial charge in [-0.3, -0.25) is 4.79 Å². The summed E-state index contributed by atoms with van der Waals surface area (Å²) >= 11 is 0. The van der Waals surface area contributed by atoms with Crippen molar-refractivity contribution in [3.8, 4) is 0 Å². The minimum Gasteiger partial charge on any atom is -0.358 e. The van der Waals surface area contributed by atoms with Crippen molar-refractivity contribution >= 4 is 16.8 Å². The molecule has 1 aromatic heterocycles. The average molecular weight is 257 g/mol. The maximum absolute atomic E-state index is 12.2. The normalized spacial score (nSPS) is 16.4. The fourth-order valence-corrected chi connectivity index (χ4v) is 2.76. The van der Waals surface area contributed by atoms with Gasteiger partial charge in [0.15, 0.2) is 0 Å². The average Bonchev–Trinajstić information content (AvgIpc) is 2.83. The number of para-hydroxylation sites is 1. The zero-order valence-electron chi connectivity index (χ0n) is 11.1. The molecule has 0 fully saturated rings. The number of aromatic amines is 1. The maximum Gasteiger partial charge on any atom is 0.239 e. The van der Waals surface area contributed by atoms with E-state index in [1.165, 1.54) is 16.6 Å². The van der Waals surface area contributed by atoms with Crippen molar-refractivity contribution in [1.82, 2.24) is 9.88 Å². The maximum atomic E-state index is 12.2. The molecule has 1 aliphatic rings. The molecule has 100 valence electrons. The van der Waals surface area contributed by atoms with E-state index < -0.39 is 0 Å². The predicted octanol–water partition coefficient (Wildman–Crippen LogP) is 1.79. The van der Waals surface area contributed by atoms with Gasteiger partial charge >= 0.3 is 0 Å². The van der Waals surface area contributed by atoms with Crippen LogP contribution in [-0.4, -0.2) is 28.4 Å². The van der Waals surface area contributed by atoms with E-state index in [2.05, 4.69) is 17.1 Å². The number of H-pyrrole nitrogens is 1. The summed E-state index contributed by atoms with van der Waals surface area (Å²) < 4.78 is 0. The molecule has 1 aliphatic heterocycles. The molecule has 0 unspecified atom stereocenters. The molecule has 0 saturated carbocycles. The third-order valence-electron chi connectivity index (χ3n) is 3.95. The Bertz CT molecular complexity index is 617. The van der Waals surface area contributed by atoms with Gasteiger partial charge in [0.25, 0.3) is 0 Å². The van der Waals surface area contributed by atoms with Gasteiger partial charge in [-0.15, -0.1) is 0 Å². The molecule has 1 amide bonds. The van der Waals surface area contributed by atoms with E-state index in [9.17, 15) is 4.79 Å². The topological polar surface area (TPSA) is 62.1 Å². The molecular formula is C15H19N3O. The Balaban J connectivity index is 1.93. The van der Waals surface area contributed by atoms with Gasteiger partial charge in [-0.05, 0) is 12.5 Å². The molecule has 0 spiro atoms. The van der Waals surface area contributed by atoms with Crippen LogP contribution in [-0.2, 0) is 17.8 Å². The van der Waals surface area contributed by atoms with E-state index >= 15 is 0 Å². The molecule has 0 saturated heterocycles. The SMILES string of the molecule is CC[C@@H](N)C(=O)N1CCc2[nH]c3ccccc3c2C1. The fraction of sp³-hybridized carbons (Fsp3) is 0.400. The van der Waals surface area contributed by atoms with Gasteiger partial charge in [0.1, 0.15) is 0 Å². The Morgan fingerprint density at radius 1 is 1.47 bits per heavy atom. The number of nitrogens with one attached hydrogen (secondary N) is 1. The first-order chi connectivity index (χ1) is 9.20. The lowest BCUT2D eigenvalue weighted by Gasteiger charge is -2.29. The van der Waals surface area contributed by atoms with Crippen LogP contribution in [0.4, 0.5) is 0 Å². The number of amides is 1. The van der Waals surface area contributed by atoms with E-state index in [0.717, 1.165) is 18.5 Å². The van der Waals surface area contributed by atoms with Crippen molar-refractivity contribution in [3.63, 3.8) is 0 Å². The summed E-state index contributed by atoms with van der Waals surface area (Å²) in [6.07, 6.45) is 1.57. The molecule has 0 bridgehead atoms. The molecule has 1 atom stereocenters. The largest absolute Gasteiger partial charge is 0.358 e. The fourth-order valence-electron chi connectivity index (χ4n) is 2.76. The van der Waals surface area contributed by atoms with E-state index in [0.29, 0.717) is 13.0 Å². The second-order valence-electron chi connectivity index (χ2n) is 5.15. The monoisotopic (exact) mass is 257 g/mol. The van der Waals surface area contributed by atoms with Gasteiger partial charge in [-0.25, -0.2) is 0 Å². The van der Waals surface area contributed by atoms with E-state index in [1.807, 2.05) is 24.0 Å². The molecule has 3 N–H and O–H groups in total. The summed E-state index contributed by atoms with van der Waals surface area (Å²) in [6, 6.07) is 7.89. The van der Waals surface area contributed by atoms with Crippen LogP contribution in [0.3, 0.4) is 0 Å². The highest BCUT2D eigenvalue weighted by atomic mass is 16.2. The molecule has 2 heterocycles. The first-order valence-corrected chi connectivity index (χ1v) is 6.83. The first kappa shape index (κ1) is 12.2. The number of hydrogen-bond donors (Lipinski definition) is 2. The number of carbonyl (C=O) groups excluding carboxylic acids is 1. The highest BCUT2D eigenvalue weighted by Gasteiger charge is 2.26. The standard InChI is InChI=1S/C15H19N3O/c1-2-12(16)15(19)18-8-7-14-11(9-18)10-5-3-4-6-13(10)17-14/h3-6,12,17H,2,7-9,16H2,1H3/t12-/m1/s1. The summed E-state index contributed by atoms with van der Waals surface area (Å²) in [4.78, 5) is 17.5. The first-order valence-electron chi connectivity index (χ1n) is 6.83. The smallest absolute Gasteiger partial charge is 0.239 e. The molecule has 4 nitrogen and oxygen atoms in total. The van der Waals surface area contributed by atoms with Crippen LogP contribution in [0.25, 0.3) is 10.9 Å². The number of hydrogen-bond acceptors (Lipinski definition) is 2. The number of benzene rings is 1. The minimum absolute atomic E-state index is 0.0680. The third-order valence-corrected chi connectivity index (χ3v) is 3.95. The number of nitrogens with two attached hydrogens (primary N) is 1. The zero-order chi connectivity index (χ0) is 13.4. The highest BCUT2D eigenvalue weighted by molar-refractivity contribution is 5.87. The molecular weight excluding hydrogens is 238 g/mol. The number of rotatable bonds is 2. The lowest BCUT2D eigenvalue weighted by atomic mass is 10.0. The lowest BCUT2D eigenvalue weighted by molar-refractivity contribution is -0.133. The van der Waals surface area contributed by atoms with Crippen LogP contribution in [0.2, 0.25) is 0 Å². The van der Waals surface area contributed by atoms with Crippen molar-refractivity contribution < 1.29 is 4.79 Å². The quantitative estimate of drug-likeness (QED) is 0.861. The predicted molar refractivity (Wildman–Crippen MR) is 75.7 cm³/mol. The Hall–Kier alpha value is -1.81. The summed E-state index contributed by atoms with van der Waals surface area (Å²) in [6.45, 7) is 3.38. The molecule has 4 heteroatoms. The van der Waals surface area contributed by atoms with Crippen molar-refractivity contribution in [1.29, 1.82) is 0 Å². The minimum atomic E-state index is -0.369. The number of fused-ring (bicyclic) bond motifs is 3. The Morgan fingerprint density at radius 3 is 3.05 bits per heavy atom. The Labute approximate surface area is 112 Å². The van der Waals surface area contributed by atoms with Gasteiger partial charge in [0, 0.05) is 41.7 Å². The summed E-state index contributed by atoms with van der Waals surface area (Å²) in [7, 11) is 0. The summed E-state index contributed by atoms with van der Waals surface area (Å²) in [5, 5.41) is 1.22. The van der Waals surface area contributed by atoms with Gasteiger partial charge in [-0.1, -0.05) is 25.1 Å². The summed E-state index contributed by atoms with van der Waals surface area (Å²) in [5.41, 5.74) is 9.52. The van der Waals surface area contributed by atoms with Crippen LogP contribution in [0.1, 0.15) is 24.6 Å². The van der Waals surface area contributed by atoms with Gasteiger partial charge in [0.2, 0.25) is 5.91 Å². The van der Waals surface area contributed by atoms with Crippen molar-refractivity contribution in [2.24, 2.45) is 5.73 Å².